The Morgan fingerprint density at radius 1 is 1.60 bits per heavy atom. The molecule has 0 saturated heterocycles. The molecule has 0 saturated carbocycles. The summed E-state index contributed by atoms with van der Waals surface area (Å²) in [6.45, 7) is 3.48. The van der Waals surface area contributed by atoms with Gasteiger partial charge >= 0.3 is 0 Å². The summed E-state index contributed by atoms with van der Waals surface area (Å²) in [5.41, 5.74) is 0. The van der Waals surface area contributed by atoms with Crippen molar-refractivity contribution in [1.29, 1.82) is 5.26 Å². The fourth-order valence-electron chi connectivity index (χ4n) is 0.832. The van der Waals surface area contributed by atoms with Crippen molar-refractivity contribution in [3.63, 3.8) is 0 Å². The second-order valence-electron chi connectivity index (χ2n) is 2.70. The summed E-state index contributed by atoms with van der Waals surface area (Å²) >= 11 is 0. The molecule has 1 N–H and O–H groups in total. The van der Waals surface area contributed by atoms with E-state index in [0.29, 0.717) is 12.6 Å². The van der Waals surface area contributed by atoms with E-state index in [-0.39, 0.29) is 0 Å². The first-order valence-corrected chi connectivity index (χ1v) is 3.42. The maximum absolute atomic E-state index is 8.22. The van der Waals surface area contributed by atoms with Crippen LogP contribution < -0.4 is 5.32 Å². The molecule has 0 aromatic heterocycles. The number of likely N-dealkylation sites (N-methyl/N-ethyl adjacent to an activating group) is 1. The minimum atomic E-state index is 0.398. The number of nitrogens with zero attached hydrogens (tertiary/aromatic N) is 2. The van der Waals surface area contributed by atoms with E-state index in [1.165, 1.54) is 0 Å². The first-order valence-electron chi connectivity index (χ1n) is 3.42. The van der Waals surface area contributed by atoms with Crippen molar-refractivity contribution in [2.75, 3.05) is 27.2 Å². The minimum absolute atomic E-state index is 0.398. The summed E-state index contributed by atoms with van der Waals surface area (Å²) in [7, 11) is 4.04. The lowest BCUT2D eigenvalue weighted by Crippen LogP contribution is -2.35. The number of rotatable bonds is 4. The molecule has 0 rings (SSSR count). The summed E-state index contributed by atoms with van der Waals surface area (Å²) in [6, 6.07) is 2.44. The van der Waals surface area contributed by atoms with E-state index in [4.69, 9.17) is 5.26 Å². The first kappa shape index (κ1) is 9.41. The second-order valence-corrected chi connectivity index (χ2v) is 2.70. The number of nitriles is 1. The largest absolute Gasteiger partial charge is 0.308 e. The summed E-state index contributed by atoms with van der Waals surface area (Å²) in [5, 5.41) is 11.3. The van der Waals surface area contributed by atoms with E-state index < -0.39 is 0 Å². The van der Waals surface area contributed by atoms with Gasteiger partial charge in [0, 0.05) is 12.6 Å². The lowest BCUT2D eigenvalue weighted by molar-refractivity contribution is 0.356. The third-order valence-corrected chi connectivity index (χ3v) is 1.17. The Balaban J connectivity index is 3.27. The van der Waals surface area contributed by atoms with E-state index in [2.05, 4.69) is 17.1 Å². The van der Waals surface area contributed by atoms with Crippen LogP contribution in [0.15, 0.2) is 0 Å². The van der Waals surface area contributed by atoms with Gasteiger partial charge < -0.3 is 10.2 Å². The van der Waals surface area contributed by atoms with Gasteiger partial charge in [-0.3, -0.25) is 0 Å². The van der Waals surface area contributed by atoms with Gasteiger partial charge in [0.1, 0.15) is 0 Å². The van der Waals surface area contributed by atoms with Gasteiger partial charge in [0.15, 0.2) is 0 Å². The van der Waals surface area contributed by atoms with Gasteiger partial charge in [-0.25, -0.2) is 0 Å². The molecule has 3 nitrogen and oxygen atoms in total. The summed E-state index contributed by atoms with van der Waals surface area (Å²) in [5.74, 6) is 0. The van der Waals surface area contributed by atoms with Gasteiger partial charge in [-0.2, -0.15) is 5.26 Å². The fraction of sp³-hybridized carbons (Fsp3) is 0.857. The Morgan fingerprint density at radius 2 is 2.20 bits per heavy atom. The minimum Gasteiger partial charge on any atom is -0.308 e. The fourth-order valence-corrected chi connectivity index (χ4v) is 0.832. The van der Waals surface area contributed by atoms with Crippen LogP contribution in [0.3, 0.4) is 0 Å². The summed E-state index contributed by atoms with van der Waals surface area (Å²) in [4.78, 5) is 2.09. The van der Waals surface area contributed by atoms with Crippen molar-refractivity contribution in [2.24, 2.45) is 0 Å². The van der Waals surface area contributed by atoms with Gasteiger partial charge in [-0.05, 0) is 21.0 Å². The van der Waals surface area contributed by atoms with Crippen molar-refractivity contribution in [3.8, 4) is 6.07 Å². The molecule has 0 aliphatic carbocycles. The Bertz CT molecular complexity index is 115. The van der Waals surface area contributed by atoms with Crippen molar-refractivity contribution in [3.05, 3.63) is 0 Å². The highest BCUT2D eigenvalue weighted by molar-refractivity contribution is 4.76. The zero-order valence-electron chi connectivity index (χ0n) is 6.89. The zero-order chi connectivity index (χ0) is 7.98. The predicted octanol–water partition coefficient (Wildman–Crippen LogP) is 0.0497. The highest BCUT2D eigenvalue weighted by atomic mass is 15.1. The summed E-state index contributed by atoms with van der Waals surface area (Å²) in [6.07, 6.45) is 0. The van der Waals surface area contributed by atoms with Crippen LogP contribution in [0.5, 0.6) is 0 Å². The van der Waals surface area contributed by atoms with Crippen molar-refractivity contribution >= 4 is 0 Å². The Hall–Kier alpha value is -0.590. The first-order chi connectivity index (χ1) is 4.66. The van der Waals surface area contributed by atoms with E-state index in [1.54, 1.807) is 0 Å². The maximum atomic E-state index is 8.22. The molecule has 0 fully saturated rings. The molecule has 1 atom stereocenters. The molecule has 0 aliphatic heterocycles. The standard InChI is InChI=1S/C7H15N3/c1-7(6-10(2)3)9-5-4-8/h7,9H,5-6H2,1-3H3. The van der Waals surface area contributed by atoms with Gasteiger partial charge in [0.05, 0.1) is 12.6 Å². The number of hydrogen-bond acceptors (Lipinski definition) is 3. The van der Waals surface area contributed by atoms with Crippen LogP contribution >= 0.6 is 0 Å². The smallest absolute Gasteiger partial charge is 0.0843 e. The molecule has 10 heavy (non-hydrogen) atoms. The van der Waals surface area contributed by atoms with Crippen LogP contribution in [0.1, 0.15) is 6.92 Å². The molecule has 58 valence electrons. The molecular formula is C7H15N3. The van der Waals surface area contributed by atoms with E-state index in [9.17, 15) is 0 Å². The topological polar surface area (TPSA) is 39.1 Å². The van der Waals surface area contributed by atoms with Crippen LogP contribution in [0, 0.1) is 11.3 Å². The highest BCUT2D eigenvalue weighted by Gasteiger charge is 1.99. The number of hydrogen-bond donors (Lipinski definition) is 1. The Morgan fingerprint density at radius 3 is 2.60 bits per heavy atom. The normalized spacial score (nSPS) is 13.1. The SMILES string of the molecule is CC(CN(C)C)NCC#N. The quantitative estimate of drug-likeness (QED) is 0.562. The Labute approximate surface area is 62.6 Å². The molecular weight excluding hydrogens is 126 g/mol. The molecule has 0 heterocycles. The lowest BCUT2D eigenvalue weighted by atomic mass is 10.3. The van der Waals surface area contributed by atoms with Gasteiger partial charge in [0.25, 0.3) is 0 Å². The van der Waals surface area contributed by atoms with Crippen LogP contribution in [0.4, 0.5) is 0 Å². The maximum Gasteiger partial charge on any atom is 0.0843 e. The van der Waals surface area contributed by atoms with Crippen LogP contribution in [-0.2, 0) is 0 Å². The zero-order valence-corrected chi connectivity index (χ0v) is 6.89. The van der Waals surface area contributed by atoms with Crippen molar-refractivity contribution < 1.29 is 0 Å². The van der Waals surface area contributed by atoms with E-state index in [1.807, 2.05) is 20.2 Å². The van der Waals surface area contributed by atoms with E-state index in [0.717, 1.165) is 6.54 Å². The van der Waals surface area contributed by atoms with Gasteiger partial charge in [-0.1, -0.05) is 0 Å². The third-order valence-electron chi connectivity index (χ3n) is 1.17. The molecule has 1 unspecified atom stereocenters. The monoisotopic (exact) mass is 141 g/mol. The lowest BCUT2D eigenvalue weighted by Gasteiger charge is -2.16. The van der Waals surface area contributed by atoms with Crippen LogP contribution in [0.25, 0.3) is 0 Å². The molecule has 0 aliphatic rings. The van der Waals surface area contributed by atoms with Crippen LogP contribution in [0.2, 0.25) is 0 Å². The van der Waals surface area contributed by atoms with Crippen molar-refractivity contribution in [2.45, 2.75) is 13.0 Å². The number of nitrogens with one attached hydrogen (secondary N) is 1. The average Bonchev–Trinajstić information content (AvgIpc) is 1.82. The van der Waals surface area contributed by atoms with Crippen molar-refractivity contribution in [1.82, 2.24) is 10.2 Å². The molecule has 0 aromatic carbocycles. The second kappa shape index (κ2) is 5.21. The van der Waals surface area contributed by atoms with Gasteiger partial charge in [-0.15, -0.1) is 0 Å². The molecule has 0 bridgehead atoms. The summed E-state index contributed by atoms with van der Waals surface area (Å²) < 4.78 is 0. The Kier molecular flexibility index (Phi) is 4.91. The average molecular weight is 141 g/mol. The molecule has 0 aromatic rings. The third kappa shape index (κ3) is 5.54. The van der Waals surface area contributed by atoms with E-state index >= 15 is 0 Å². The molecule has 3 heteroatoms. The highest BCUT2D eigenvalue weighted by Crippen LogP contribution is 1.82. The molecule has 0 radical (unpaired) electrons. The molecule has 0 spiro atoms. The molecule has 0 amide bonds. The predicted molar refractivity (Wildman–Crippen MR) is 41.6 cm³/mol. The van der Waals surface area contributed by atoms with Crippen LogP contribution in [-0.4, -0.2) is 38.1 Å². The van der Waals surface area contributed by atoms with Gasteiger partial charge in [0.2, 0.25) is 0 Å².